The van der Waals surface area contributed by atoms with Gasteiger partial charge in [0.05, 0.1) is 6.54 Å². The number of anilines is 1. The van der Waals surface area contributed by atoms with Gasteiger partial charge in [-0.1, -0.05) is 31.9 Å². The molecule has 3 nitrogen and oxygen atoms in total. The van der Waals surface area contributed by atoms with Crippen molar-refractivity contribution >= 4 is 11.6 Å². The summed E-state index contributed by atoms with van der Waals surface area (Å²) in [5.74, 6) is 0.0620. The van der Waals surface area contributed by atoms with Crippen molar-refractivity contribution in [2.24, 2.45) is 0 Å². The number of carbonyl (C=O) groups excluding carboxylic acids is 1. The molecule has 0 aliphatic rings. The number of unbranched alkanes of at least 4 members (excludes halogenated alkanes) is 2. The average Bonchev–Trinajstić information content (AvgIpc) is 2.36. The average molecular weight is 248 g/mol. The van der Waals surface area contributed by atoms with Gasteiger partial charge in [-0.25, -0.2) is 0 Å². The fraction of sp³-hybridized carbons (Fsp3) is 0.533. The van der Waals surface area contributed by atoms with Crippen molar-refractivity contribution in [3.05, 3.63) is 29.3 Å². The van der Waals surface area contributed by atoms with Crippen LogP contribution in [0.5, 0.6) is 0 Å². The highest BCUT2D eigenvalue weighted by atomic mass is 16.1. The molecule has 3 heteroatoms. The molecule has 0 atom stereocenters. The molecule has 0 saturated carbocycles. The van der Waals surface area contributed by atoms with Gasteiger partial charge in [0, 0.05) is 12.2 Å². The van der Waals surface area contributed by atoms with Crippen LogP contribution in [0.4, 0.5) is 5.69 Å². The van der Waals surface area contributed by atoms with E-state index in [0.717, 1.165) is 18.7 Å². The first-order valence-electron chi connectivity index (χ1n) is 6.72. The number of nitrogens with one attached hydrogen (secondary N) is 2. The molecule has 1 aromatic carbocycles. The first kappa shape index (κ1) is 14.6. The van der Waals surface area contributed by atoms with Gasteiger partial charge in [0.25, 0.3) is 0 Å². The van der Waals surface area contributed by atoms with E-state index in [2.05, 4.69) is 37.5 Å². The molecule has 0 unspecified atom stereocenters. The Kier molecular flexibility index (Phi) is 6.26. The predicted molar refractivity (Wildman–Crippen MR) is 76.9 cm³/mol. The smallest absolute Gasteiger partial charge is 0.239 e. The van der Waals surface area contributed by atoms with Gasteiger partial charge in [0.1, 0.15) is 0 Å². The van der Waals surface area contributed by atoms with Crippen LogP contribution in [-0.2, 0) is 4.79 Å². The minimum absolute atomic E-state index is 0.0620. The minimum Gasteiger partial charge on any atom is -0.376 e. The predicted octanol–water partition coefficient (Wildman–Crippen LogP) is 3.02. The van der Waals surface area contributed by atoms with Crippen molar-refractivity contribution in [1.29, 1.82) is 0 Å². The molecule has 0 fully saturated rings. The van der Waals surface area contributed by atoms with E-state index in [-0.39, 0.29) is 5.91 Å². The number of carbonyl (C=O) groups is 1. The third kappa shape index (κ3) is 4.78. The van der Waals surface area contributed by atoms with Crippen LogP contribution >= 0.6 is 0 Å². The van der Waals surface area contributed by atoms with Gasteiger partial charge in [-0.3, -0.25) is 4.79 Å². The monoisotopic (exact) mass is 248 g/mol. The van der Waals surface area contributed by atoms with Crippen molar-refractivity contribution in [2.45, 2.75) is 40.0 Å². The number of benzene rings is 1. The van der Waals surface area contributed by atoms with E-state index in [4.69, 9.17) is 0 Å². The third-order valence-corrected chi connectivity index (χ3v) is 3.15. The molecule has 0 heterocycles. The summed E-state index contributed by atoms with van der Waals surface area (Å²) < 4.78 is 0. The molecule has 0 radical (unpaired) electrons. The van der Waals surface area contributed by atoms with Crippen molar-refractivity contribution in [2.75, 3.05) is 18.4 Å². The number of hydrogen-bond donors (Lipinski definition) is 2. The molecule has 0 saturated heterocycles. The quantitative estimate of drug-likeness (QED) is 0.728. The Hall–Kier alpha value is -1.51. The second kappa shape index (κ2) is 7.75. The van der Waals surface area contributed by atoms with Crippen molar-refractivity contribution in [3.63, 3.8) is 0 Å². The summed E-state index contributed by atoms with van der Waals surface area (Å²) >= 11 is 0. The van der Waals surface area contributed by atoms with Gasteiger partial charge in [-0.15, -0.1) is 0 Å². The lowest BCUT2D eigenvalue weighted by atomic mass is 10.1. The molecule has 1 aromatic rings. The lowest BCUT2D eigenvalue weighted by molar-refractivity contribution is -0.119. The number of rotatable bonds is 7. The van der Waals surface area contributed by atoms with Crippen molar-refractivity contribution in [3.8, 4) is 0 Å². The summed E-state index contributed by atoms with van der Waals surface area (Å²) in [5, 5.41) is 6.10. The highest BCUT2D eigenvalue weighted by molar-refractivity contribution is 5.80. The molecule has 0 aliphatic carbocycles. The summed E-state index contributed by atoms with van der Waals surface area (Å²) in [6.07, 6.45) is 3.41. The maximum atomic E-state index is 11.6. The molecular weight excluding hydrogens is 224 g/mol. The summed E-state index contributed by atoms with van der Waals surface area (Å²) in [5.41, 5.74) is 3.48. The minimum atomic E-state index is 0.0620. The third-order valence-electron chi connectivity index (χ3n) is 3.15. The van der Waals surface area contributed by atoms with Crippen LogP contribution in [-0.4, -0.2) is 19.0 Å². The summed E-state index contributed by atoms with van der Waals surface area (Å²) in [6.45, 7) is 7.42. The summed E-state index contributed by atoms with van der Waals surface area (Å²) in [4.78, 5) is 11.6. The highest BCUT2D eigenvalue weighted by Crippen LogP contribution is 2.17. The summed E-state index contributed by atoms with van der Waals surface area (Å²) in [7, 11) is 0. The first-order chi connectivity index (χ1) is 8.65. The number of hydrogen-bond acceptors (Lipinski definition) is 2. The van der Waals surface area contributed by atoms with E-state index in [0.29, 0.717) is 6.54 Å². The maximum absolute atomic E-state index is 11.6. The van der Waals surface area contributed by atoms with Gasteiger partial charge >= 0.3 is 0 Å². The van der Waals surface area contributed by atoms with Crippen LogP contribution in [0.1, 0.15) is 37.3 Å². The van der Waals surface area contributed by atoms with Crippen LogP contribution in [0.25, 0.3) is 0 Å². The topological polar surface area (TPSA) is 41.1 Å². The molecule has 1 amide bonds. The second-order valence-corrected chi connectivity index (χ2v) is 4.66. The number of amides is 1. The standard InChI is InChI=1S/C15H24N2O/c1-4-5-6-10-16-15(18)11-17-14-9-7-8-12(2)13(14)3/h7-9,17H,4-6,10-11H2,1-3H3,(H,16,18). The van der Waals surface area contributed by atoms with Gasteiger partial charge < -0.3 is 10.6 Å². The Balaban J connectivity index is 2.32. The Morgan fingerprint density at radius 1 is 1.22 bits per heavy atom. The van der Waals surface area contributed by atoms with Gasteiger partial charge in [-0.2, -0.15) is 0 Å². The molecule has 18 heavy (non-hydrogen) atoms. The van der Waals surface area contributed by atoms with E-state index in [1.54, 1.807) is 0 Å². The zero-order valence-corrected chi connectivity index (χ0v) is 11.7. The van der Waals surface area contributed by atoms with E-state index in [9.17, 15) is 4.79 Å². The van der Waals surface area contributed by atoms with E-state index in [1.807, 2.05) is 12.1 Å². The van der Waals surface area contributed by atoms with Crippen molar-refractivity contribution in [1.82, 2.24) is 5.32 Å². The van der Waals surface area contributed by atoms with Crippen LogP contribution in [0, 0.1) is 13.8 Å². The maximum Gasteiger partial charge on any atom is 0.239 e. The molecule has 0 aromatic heterocycles. The van der Waals surface area contributed by atoms with Crippen LogP contribution in [0.2, 0.25) is 0 Å². The van der Waals surface area contributed by atoms with E-state index in [1.165, 1.54) is 24.0 Å². The second-order valence-electron chi connectivity index (χ2n) is 4.66. The largest absolute Gasteiger partial charge is 0.376 e. The highest BCUT2D eigenvalue weighted by Gasteiger charge is 2.03. The molecule has 100 valence electrons. The zero-order chi connectivity index (χ0) is 13.4. The Morgan fingerprint density at radius 3 is 2.72 bits per heavy atom. The SMILES string of the molecule is CCCCCNC(=O)CNc1cccc(C)c1C. The van der Waals surface area contributed by atoms with Crippen LogP contribution < -0.4 is 10.6 Å². The van der Waals surface area contributed by atoms with Crippen LogP contribution in [0.15, 0.2) is 18.2 Å². The molecular formula is C15H24N2O. The van der Waals surface area contributed by atoms with E-state index >= 15 is 0 Å². The molecule has 0 spiro atoms. The first-order valence-corrected chi connectivity index (χ1v) is 6.72. The Labute approximate surface area is 110 Å². The van der Waals surface area contributed by atoms with Gasteiger partial charge in [0.15, 0.2) is 0 Å². The molecule has 1 rings (SSSR count). The molecule has 0 bridgehead atoms. The summed E-state index contributed by atoms with van der Waals surface area (Å²) in [6, 6.07) is 6.09. The van der Waals surface area contributed by atoms with Crippen LogP contribution in [0.3, 0.4) is 0 Å². The van der Waals surface area contributed by atoms with E-state index < -0.39 is 0 Å². The molecule has 2 N–H and O–H groups in total. The van der Waals surface area contributed by atoms with Crippen molar-refractivity contribution < 1.29 is 4.79 Å². The van der Waals surface area contributed by atoms with Gasteiger partial charge in [-0.05, 0) is 37.5 Å². The number of aryl methyl sites for hydroxylation is 1. The molecule has 0 aliphatic heterocycles. The Bertz CT molecular complexity index is 388. The normalized spacial score (nSPS) is 10.2. The Morgan fingerprint density at radius 2 is 2.00 bits per heavy atom. The fourth-order valence-corrected chi connectivity index (χ4v) is 1.78. The fourth-order valence-electron chi connectivity index (χ4n) is 1.78. The van der Waals surface area contributed by atoms with Gasteiger partial charge in [0.2, 0.25) is 5.91 Å². The zero-order valence-electron chi connectivity index (χ0n) is 11.7. The lowest BCUT2D eigenvalue weighted by Crippen LogP contribution is -2.30. The lowest BCUT2D eigenvalue weighted by Gasteiger charge is -2.11.